The number of nitrogens with two attached hydrogens (primary N) is 1. The number of anilines is 1. The van der Waals surface area contributed by atoms with E-state index in [1.165, 1.54) is 6.07 Å². The van der Waals surface area contributed by atoms with Crippen LogP contribution in [0.2, 0.25) is 0 Å². The maximum Gasteiger partial charge on any atom is 0.295 e. The molecule has 0 amide bonds. The van der Waals surface area contributed by atoms with Gasteiger partial charge in [-0.1, -0.05) is 66.7 Å². The summed E-state index contributed by atoms with van der Waals surface area (Å²) in [5.74, 6) is 0. The van der Waals surface area contributed by atoms with Crippen molar-refractivity contribution < 1.29 is 13.0 Å². The van der Waals surface area contributed by atoms with E-state index in [2.05, 4.69) is 16.3 Å². The first-order chi connectivity index (χ1) is 15.9. The molecule has 0 unspecified atom stereocenters. The number of nitriles is 1. The summed E-state index contributed by atoms with van der Waals surface area (Å²) in [6, 6.07) is 26.4. The fraction of sp³-hybridized carbons (Fsp3) is 0. The lowest BCUT2D eigenvalue weighted by molar-refractivity contribution is 0.484. The molecule has 0 bridgehead atoms. The zero-order valence-electron chi connectivity index (χ0n) is 17.3. The van der Waals surface area contributed by atoms with Gasteiger partial charge in [0.25, 0.3) is 10.1 Å². The van der Waals surface area contributed by atoms with E-state index in [4.69, 9.17) is 5.73 Å². The van der Waals surface area contributed by atoms with E-state index >= 15 is 0 Å². The van der Waals surface area contributed by atoms with Crippen molar-refractivity contribution in [1.82, 2.24) is 0 Å². The molecule has 0 radical (unpaired) electrons. The van der Waals surface area contributed by atoms with Crippen LogP contribution < -0.4 is 5.73 Å². The number of nitrogen functional groups attached to an aromatic ring is 1. The van der Waals surface area contributed by atoms with Gasteiger partial charge in [0, 0.05) is 10.8 Å². The molecule has 0 aromatic heterocycles. The number of azo groups is 1. The van der Waals surface area contributed by atoms with E-state index < -0.39 is 10.1 Å². The molecule has 0 aliphatic carbocycles. The molecule has 0 spiro atoms. The van der Waals surface area contributed by atoms with Gasteiger partial charge in [0.2, 0.25) is 0 Å². The highest BCUT2D eigenvalue weighted by atomic mass is 32.2. The molecule has 4 aromatic carbocycles. The van der Waals surface area contributed by atoms with Crippen LogP contribution in [0.4, 0.5) is 17.1 Å². The molecule has 33 heavy (non-hydrogen) atoms. The maximum absolute atomic E-state index is 11.9. The van der Waals surface area contributed by atoms with Crippen LogP contribution in [0.5, 0.6) is 0 Å². The minimum Gasteiger partial charge on any atom is -0.396 e. The summed E-state index contributed by atoms with van der Waals surface area (Å²) in [6.45, 7) is 0. The third kappa shape index (κ3) is 4.80. The Morgan fingerprint density at radius 3 is 2.18 bits per heavy atom. The van der Waals surface area contributed by atoms with Gasteiger partial charge in [-0.2, -0.15) is 18.8 Å². The van der Waals surface area contributed by atoms with Crippen LogP contribution in [-0.4, -0.2) is 13.0 Å². The average Bonchev–Trinajstić information content (AvgIpc) is 2.83. The first kappa shape index (κ1) is 21.9. The van der Waals surface area contributed by atoms with Gasteiger partial charge in [0.05, 0.1) is 23.0 Å². The predicted molar refractivity (Wildman–Crippen MR) is 129 cm³/mol. The van der Waals surface area contributed by atoms with Crippen LogP contribution in [0, 0.1) is 11.3 Å². The largest absolute Gasteiger partial charge is 0.396 e. The lowest BCUT2D eigenvalue weighted by Crippen LogP contribution is -2.01. The summed E-state index contributed by atoms with van der Waals surface area (Å²) in [5, 5.41) is 18.5. The number of hydrogen-bond acceptors (Lipinski definition) is 6. The molecule has 0 fully saturated rings. The molecule has 0 atom stereocenters. The predicted octanol–water partition coefficient (Wildman–Crippen LogP) is 6.15. The van der Waals surface area contributed by atoms with Crippen LogP contribution in [-0.2, 0) is 10.1 Å². The zero-order valence-corrected chi connectivity index (χ0v) is 18.1. The second kappa shape index (κ2) is 9.04. The second-order valence-electron chi connectivity index (χ2n) is 7.16. The Morgan fingerprint density at radius 1 is 0.909 bits per heavy atom. The SMILES string of the molecule is N#C/C(=C\c1ccc(/N=N/c2cc(S(=O)(=O)O)c3ccccc3c2N)cc1)c1ccccc1. The molecule has 3 N–H and O–H groups in total. The first-order valence-electron chi connectivity index (χ1n) is 9.84. The molecule has 0 heterocycles. The van der Waals surface area contributed by atoms with Gasteiger partial charge in [0.1, 0.15) is 10.6 Å². The van der Waals surface area contributed by atoms with Crippen molar-refractivity contribution in [2.24, 2.45) is 10.2 Å². The Kier molecular flexibility index (Phi) is 6.00. The van der Waals surface area contributed by atoms with Crippen LogP contribution >= 0.6 is 0 Å². The smallest absolute Gasteiger partial charge is 0.295 e. The summed E-state index contributed by atoms with van der Waals surface area (Å²) in [7, 11) is -4.48. The Balaban J connectivity index is 1.66. The fourth-order valence-electron chi connectivity index (χ4n) is 3.36. The summed E-state index contributed by atoms with van der Waals surface area (Å²) < 4.78 is 33.3. The van der Waals surface area contributed by atoms with E-state index in [0.717, 1.165) is 11.1 Å². The third-order valence-electron chi connectivity index (χ3n) is 4.99. The number of allylic oxidation sites excluding steroid dienone is 1. The number of hydrogen-bond donors (Lipinski definition) is 2. The molecule has 7 nitrogen and oxygen atoms in total. The third-order valence-corrected chi connectivity index (χ3v) is 5.88. The van der Waals surface area contributed by atoms with Crippen molar-refractivity contribution >= 4 is 49.6 Å². The van der Waals surface area contributed by atoms with E-state index in [0.29, 0.717) is 22.0 Å². The fourth-order valence-corrected chi connectivity index (χ4v) is 4.08. The summed E-state index contributed by atoms with van der Waals surface area (Å²) >= 11 is 0. The van der Waals surface area contributed by atoms with Crippen molar-refractivity contribution in [3.63, 3.8) is 0 Å². The summed E-state index contributed by atoms with van der Waals surface area (Å²) in [6.07, 6.45) is 1.77. The highest BCUT2D eigenvalue weighted by Gasteiger charge is 2.18. The molecule has 0 aliphatic heterocycles. The zero-order chi connectivity index (χ0) is 23.4. The van der Waals surface area contributed by atoms with E-state index in [-0.39, 0.29) is 16.3 Å². The monoisotopic (exact) mass is 454 g/mol. The van der Waals surface area contributed by atoms with Gasteiger partial charge in [-0.3, -0.25) is 4.55 Å². The van der Waals surface area contributed by atoms with Gasteiger partial charge in [-0.25, -0.2) is 0 Å². The maximum atomic E-state index is 11.9. The van der Waals surface area contributed by atoms with E-state index in [1.807, 2.05) is 30.3 Å². The normalized spacial score (nSPS) is 12.2. The van der Waals surface area contributed by atoms with Crippen molar-refractivity contribution in [3.05, 3.63) is 96.1 Å². The number of nitrogens with zero attached hydrogens (tertiary/aromatic N) is 3. The van der Waals surface area contributed by atoms with Gasteiger partial charge in [-0.15, -0.1) is 5.11 Å². The topological polar surface area (TPSA) is 129 Å². The lowest BCUT2D eigenvalue weighted by atomic mass is 10.0. The van der Waals surface area contributed by atoms with E-state index in [1.54, 1.807) is 54.6 Å². The average molecular weight is 455 g/mol. The Labute approximate surface area is 190 Å². The number of fused-ring (bicyclic) bond motifs is 1. The highest BCUT2D eigenvalue weighted by molar-refractivity contribution is 7.86. The van der Waals surface area contributed by atoms with Crippen molar-refractivity contribution in [1.29, 1.82) is 5.26 Å². The molecule has 0 saturated heterocycles. The Morgan fingerprint density at radius 2 is 1.55 bits per heavy atom. The lowest BCUT2D eigenvalue weighted by Gasteiger charge is -2.09. The molecule has 0 saturated carbocycles. The van der Waals surface area contributed by atoms with Crippen LogP contribution in [0.3, 0.4) is 0 Å². The van der Waals surface area contributed by atoms with Gasteiger partial charge in [0.15, 0.2) is 0 Å². The van der Waals surface area contributed by atoms with Gasteiger partial charge < -0.3 is 5.73 Å². The second-order valence-corrected chi connectivity index (χ2v) is 8.55. The molecule has 4 aromatic rings. The minimum atomic E-state index is -4.48. The van der Waals surface area contributed by atoms with E-state index in [9.17, 15) is 18.2 Å². The van der Waals surface area contributed by atoms with Crippen molar-refractivity contribution in [3.8, 4) is 6.07 Å². The van der Waals surface area contributed by atoms with Gasteiger partial charge in [-0.05, 0) is 35.4 Å². The van der Waals surface area contributed by atoms with Crippen LogP contribution in [0.1, 0.15) is 11.1 Å². The van der Waals surface area contributed by atoms with Gasteiger partial charge >= 0.3 is 0 Å². The standard InChI is InChI=1S/C25H18N4O3S/c26-16-19(18-6-2-1-3-7-18)14-17-10-12-20(13-11-17)28-29-23-15-24(33(30,31)32)21-8-4-5-9-22(21)25(23)27/h1-15H,27H2,(H,30,31,32)/b19-14+,29-28+. The minimum absolute atomic E-state index is 0.126. The molecule has 162 valence electrons. The quantitative estimate of drug-likeness (QED) is 0.123. The molecular weight excluding hydrogens is 436 g/mol. The summed E-state index contributed by atoms with van der Waals surface area (Å²) in [5.41, 5.74) is 9.23. The highest BCUT2D eigenvalue weighted by Crippen LogP contribution is 2.36. The van der Waals surface area contributed by atoms with Crippen LogP contribution in [0.25, 0.3) is 22.4 Å². The van der Waals surface area contributed by atoms with Crippen molar-refractivity contribution in [2.45, 2.75) is 4.90 Å². The molecule has 4 rings (SSSR count). The first-order valence-corrected chi connectivity index (χ1v) is 11.3. The Bertz CT molecular complexity index is 1540. The number of rotatable bonds is 5. The van der Waals surface area contributed by atoms with Crippen molar-refractivity contribution in [2.75, 3.05) is 5.73 Å². The Hall–Kier alpha value is -4.32. The summed E-state index contributed by atoms with van der Waals surface area (Å²) in [4.78, 5) is -0.285. The molecule has 0 aliphatic rings. The van der Waals surface area contributed by atoms with Crippen LogP contribution in [0.15, 0.2) is 100 Å². The molecular formula is C25H18N4O3S. The molecule has 8 heteroatoms. The number of benzene rings is 4.